The number of ether oxygens (including phenoxy) is 1. The van der Waals surface area contributed by atoms with Gasteiger partial charge in [0.05, 0.1) is 13.4 Å². The Kier molecular flexibility index (Phi) is 6.64. The average Bonchev–Trinajstić information content (AvgIpc) is 2.41. The van der Waals surface area contributed by atoms with Gasteiger partial charge in [0.15, 0.2) is 0 Å². The van der Waals surface area contributed by atoms with E-state index in [4.69, 9.17) is 4.74 Å². The van der Waals surface area contributed by atoms with Gasteiger partial charge in [0.25, 0.3) is 0 Å². The Morgan fingerprint density at radius 3 is 2.33 bits per heavy atom. The van der Waals surface area contributed by atoms with E-state index in [0.29, 0.717) is 19.5 Å². The second kappa shape index (κ2) is 7.99. The molecule has 0 aliphatic carbocycles. The van der Waals surface area contributed by atoms with Crippen LogP contribution in [0.2, 0.25) is 0 Å². The number of hydrogen-bond donors (Lipinski definition) is 1. The molecule has 0 aliphatic rings. The number of sulfonamides is 1. The van der Waals surface area contributed by atoms with E-state index in [1.165, 1.54) is 6.92 Å². The van der Waals surface area contributed by atoms with Gasteiger partial charge in [-0.3, -0.25) is 4.79 Å². The maximum atomic E-state index is 11.5. The van der Waals surface area contributed by atoms with Crippen LogP contribution in [0.4, 0.5) is 0 Å². The van der Waals surface area contributed by atoms with Crippen molar-refractivity contribution < 1.29 is 17.9 Å². The van der Waals surface area contributed by atoms with E-state index in [-0.39, 0.29) is 12.5 Å². The lowest BCUT2D eigenvalue weighted by molar-refractivity contribution is -0.128. The van der Waals surface area contributed by atoms with Crippen molar-refractivity contribution in [3.63, 3.8) is 0 Å². The zero-order chi connectivity index (χ0) is 15.9. The Hall–Kier alpha value is -1.60. The zero-order valence-electron chi connectivity index (χ0n) is 12.6. The summed E-state index contributed by atoms with van der Waals surface area (Å²) in [5.41, 5.74) is 1.10. The summed E-state index contributed by atoms with van der Waals surface area (Å²) in [6.07, 6.45) is 1.81. The first-order valence-electron chi connectivity index (χ1n) is 6.65. The number of nitrogens with one attached hydrogen (secondary N) is 1. The van der Waals surface area contributed by atoms with Crippen LogP contribution >= 0.6 is 0 Å². The fourth-order valence-corrected chi connectivity index (χ4v) is 2.31. The minimum absolute atomic E-state index is 0.0705. The molecule has 0 unspecified atom stereocenters. The molecule has 0 heterocycles. The standard InChI is InChI=1S/C14H22N2O4S/c1-12(17)16(11-9-15-21(3,18)19)10-8-13-4-6-14(20-2)7-5-13/h4-7,15H,8-11H2,1-3H3. The molecule has 0 atom stereocenters. The van der Waals surface area contributed by atoms with Gasteiger partial charge in [-0.05, 0) is 24.1 Å². The Bertz CT molecular complexity index is 555. The van der Waals surface area contributed by atoms with E-state index in [2.05, 4.69) is 4.72 Å². The summed E-state index contributed by atoms with van der Waals surface area (Å²) in [6.45, 7) is 2.61. The summed E-state index contributed by atoms with van der Waals surface area (Å²) >= 11 is 0. The summed E-state index contributed by atoms with van der Waals surface area (Å²) in [5.74, 6) is 0.721. The quantitative estimate of drug-likeness (QED) is 0.764. The SMILES string of the molecule is COc1ccc(CCN(CCNS(C)(=O)=O)C(C)=O)cc1. The number of nitrogens with zero attached hydrogens (tertiary/aromatic N) is 1. The molecule has 1 N–H and O–H groups in total. The van der Waals surface area contributed by atoms with Crippen LogP contribution in [0.3, 0.4) is 0 Å². The predicted octanol–water partition coefficient (Wildman–Crippen LogP) is 0.635. The second-order valence-corrected chi connectivity index (χ2v) is 6.60. The van der Waals surface area contributed by atoms with Crippen molar-refractivity contribution in [3.05, 3.63) is 29.8 Å². The van der Waals surface area contributed by atoms with Gasteiger partial charge in [-0.1, -0.05) is 12.1 Å². The molecule has 1 aromatic carbocycles. The van der Waals surface area contributed by atoms with Gasteiger partial charge in [0, 0.05) is 26.6 Å². The van der Waals surface area contributed by atoms with Crippen LogP contribution in [0.15, 0.2) is 24.3 Å². The first-order chi connectivity index (χ1) is 9.81. The fourth-order valence-electron chi connectivity index (χ4n) is 1.85. The molecule has 1 aromatic rings. The smallest absolute Gasteiger partial charge is 0.219 e. The van der Waals surface area contributed by atoms with Gasteiger partial charge >= 0.3 is 0 Å². The second-order valence-electron chi connectivity index (χ2n) is 4.77. The van der Waals surface area contributed by atoms with Gasteiger partial charge in [0.1, 0.15) is 5.75 Å². The molecule has 0 radical (unpaired) electrons. The molecule has 0 spiro atoms. The summed E-state index contributed by atoms with van der Waals surface area (Å²) in [5, 5.41) is 0. The van der Waals surface area contributed by atoms with Crippen LogP contribution in [0.1, 0.15) is 12.5 Å². The Labute approximate surface area is 126 Å². The van der Waals surface area contributed by atoms with E-state index in [9.17, 15) is 13.2 Å². The predicted molar refractivity (Wildman–Crippen MR) is 81.8 cm³/mol. The first-order valence-corrected chi connectivity index (χ1v) is 8.54. The molecule has 21 heavy (non-hydrogen) atoms. The molecular weight excluding hydrogens is 292 g/mol. The first kappa shape index (κ1) is 17.5. The van der Waals surface area contributed by atoms with Gasteiger partial charge in [0.2, 0.25) is 15.9 Å². The summed E-state index contributed by atoms with van der Waals surface area (Å²) in [7, 11) is -1.61. The molecule has 0 fully saturated rings. The summed E-state index contributed by atoms with van der Waals surface area (Å²) < 4.78 is 29.5. The molecule has 6 nitrogen and oxygen atoms in total. The third kappa shape index (κ3) is 7.10. The van der Waals surface area contributed by atoms with E-state index < -0.39 is 10.0 Å². The third-order valence-corrected chi connectivity index (χ3v) is 3.75. The van der Waals surface area contributed by atoms with Crippen LogP contribution in [-0.2, 0) is 21.2 Å². The van der Waals surface area contributed by atoms with Crippen LogP contribution < -0.4 is 9.46 Å². The van der Waals surface area contributed by atoms with Crippen molar-refractivity contribution in [2.45, 2.75) is 13.3 Å². The molecule has 118 valence electrons. The van der Waals surface area contributed by atoms with Crippen molar-refractivity contribution in [2.24, 2.45) is 0 Å². The molecule has 0 saturated heterocycles. The Balaban J connectivity index is 2.48. The number of amides is 1. The largest absolute Gasteiger partial charge is 0.497 e. The molecule has 0 aromatic heterocycles. The van der Waals surface area contributed by atoms with Gasteiger partial charge in [-0.25, -0.2) is 13.1 Å². The van der Waals surface area contributed by atoms with Crippen LogP contribution in [-0.4, -0.2) is 52.2 Å². The van der Waals surface area contributed by atoms with E-state index >= 15 is 0 Å². The highest BCUT2D eigenvalue weighted by Crippen LogP contribution is 2.12. The van der Waals surface area contributed by atoms with Gasteiger partial charge in [-0.2, -0.15) is 0 Å². The highest BCUT2D eigenvalue weighted by Gasteiger charge is 2.09. The Morgan fingerprint density at radius 2 is 1.86 bits per heavy atom. The average molecular weight is 314 g/mol. The molecule has 7 heteroatoms. The number of carbonyl (C=O) groups is 1. The minimum atomic E-state index is -3.22. The van der Waals surface area contributed by atoms with Crippen molar-refractivity contribution in [3.8, 4) is 5.75 Å². The fraction of sp³-hybridized carbons (Fsp3) is 0.500. The van der Waals surface area contributed by atoms with Crippen molar-refractivity contribution in [1.82, 2.24) is 9.62 Å². The Morgan fingerprint density at radius 1 is 1.24 bits per heavy atom. The monoisotopic (exact) mass is 314 g/mol. The highest BCUT2D eigenvalue weighted by molar-refractivity contribution is 7.88. The minimum Gasteiger partial charge on any atom is -0.497 e. The number of hydrogen-bond acceptors (Lipinski definition) is 4. The number of rotatable bonds is 8. The van der Waals surface area contributed by atoms with Crippen molar-refractivity contribution in [2.75, 3.05) is 33.0 Å². The van der Waals surface area contributed by atoms with Crippen LogP contribution in [0.5, 0.6) is 5.75 Å². The van der Waals surface area contributed by atoms with Crippen LogP contribution in [0.25, 0.3) is 0 Å². The number of carbonyl (C=O) groups excluding carboxylic acids is 1. The van der Waals surface area contributed by atoms with Gasteiger partial charge in [-0.15, -0.1) is 0 Å². The zero-order valence-corrected chi connectivity index (χ0v) is 13.4. The van der Waals surface area contributed by atoms with Crippen molar-refractivity contribution in [1.29, 1.82) is 0 Å². The lowest BCUT2D eigenvalue weighted by atomic mass is 10.1. The number of benzene rings is 1. The molecule has 1 rings (SSSR count). The lowest BCUT2D eigenvalue weighted by Crippen LogP contribution is -2.38. The summed E-state index contributed by atoms with van der Waals surface area (Å²) in [6, 6.07) is 7.65. The van der Waals surface area contributed by atoms with E-state index in [1.54, 1.807) is 12.0 Å². The van der Waals surface area contributed by atoms with E-state index in [0.717, 1.165) is 17.6 Å². The maximum absolute atomic E-state index is 11.5. The lowest BCUT2D eigenvalue weighted by Gasteiger charge is -2.21. The molecule has 0 saturated carbocycles. The normalized spacial score (nSPS) is 11.2. The third-order valence-electron chi connectivity index (χ3n) is 3.02. The molecule has 1 amide bonds. The number of methoxy groups -OCH3 is 1. The molecule has 0 aliphatic heterocycles. The maximum Gasteiger partial charge on any atom is 0.219 e. The topological polar surface area (TPSA) is 75.7 Å². The molecule has 0 bridgehead atoms. The molecular formula is C14H22N2O4S. The van der Waals surface area contributed by atoms with Crippen molar-refractivity contribution >= 4 is 15.9 Å². The van der Waals surface area contributed by atoms with E-state index in [1.807, 2.05) is 24.3 Å². The van der Waals surface area contributed by atoms with Gasteiger partial charge < -0.3 is 9.64 Å². The highest BCUT2D eigenvalue weighted by atomic mass is 32.2. The summed E-state index contributed by atoms with van der Waals surface area (Å²) in [4.78, 5) is 13.2. The van der Waals surface area contributed by atoms with Crippen LogP contribution in [0, 0.1) is 0 Å².